The van der Waals surface area contributed by atoms with Gasteiger partial charge in [0.1, 0.15) is 0 Å². The van der Waals surface area contributed by atoms with Gasteiger partial charge in [-0.15, -0.1) is 0 Å². The van der Waals surface area contributed by atoms with Crippen molar-refractivity contribution in [3.8, 4) is 0 Å². The Labute approximate surface area is 78.9 Å². The summed E-state index contributed by atoms with van der Waals surface area (Å²) < 4.78 is 0. The molecule has 1 unspecified atom stereocenters. The average molecular weight is 177 g/mol. The minimum absolute atomic E-state index is 0.197. The molecule has 0 radical (unpaired) electrons. The molecule has 0 bridgehead atoms. The third kappa shape index (κ3) is 2.16. The van der Waals surface area contributed by atoms with Gasteiger partial charge in [-0.05, 0) is 18.1 Å². The van der Waals surface area contributed by atoms with Gasteiger partial charge in [0.05, 0.1) is 11.8 Å². The first-order valence-corrected chi connectivity index (χ1v) is 4.42. The first kappa shape index (κ1) is 9.93. The maximum Gasteiger partial charge on any atom is 0.0833 e. The van der Waals surface area contributed by atoms with Crippen molar-refractivity contribution >= 4 is 6.08 Å². The van der Waals surface area contributed by atoms with Crippen molar-refractivity contribution in [2.45, 2.75) is 20.0 Å². The maximum absolute atomic E-state index is 9.82. The number of rotatable bonds is 3. The molecule has 0 aliphatic heterocycles. The first-order valence-electron chi connectivity index (χ1n) is 4.42. The van der Waals surface area contributed by atoms with Gasteiger partial charge in [-0.1, -0.05) is 26.5 Å². The van der Waals surface area contributed by atoms with Crippen LogP contribution in [0.3, 0.4) is 0 Å². The van der Waals surface area contributed by atoms with Crippen molar-refractivity contribution in [2.24, 2.45) is 5.92 Å². The normalized spacial score (nSPS) is 12.9. The number of aromatic nitrogens is 1. The molecule has 1 aromatic heterocycles. The van der Waals surface area contributed by atoms with Crippen LogP contribution >= 0.6 is 0 Å². The molecule has 0 amide bonds. The zero-order valence-electron chi connectivity index (χ0n) is 8.07. The molecule has 2 heteroatoms. The predicted octanol–water partition coefficient (Wildman–Crippen LogP) is 2.41. The summed E-state index contributed by atoms with van der Waals surface area (Å²) in [5.41, 5.74) is 1.62. The van der Waals surface area contributed by atoms with E-state index in [1.54, 1.807) is 12.3 Å². The van der Waals surface area contributed by atoms with Crippen molar-refractivity contribution < 1.29 is 5.11 Å². The highest BCUT2D eigenvalue weighted by Gasteiger charge is 2.14. The first-order chi connectivity index (χ1) is 6.16. The fraction of sp³-hybridized carbons (Fsp3) is 0.364. The van der Waals surface area contributed by atoms with Crippen LogP contribution in [0.25, 0.3) is 6.08 Å². The molecular weight excluding hydrogens is 162 g/mol. The van der Waals surface area contributed by atoms with E-state index in [2.05, 4.69) is 11.6 Å². The summed E-state index contributed by atoms with van der Waals surface area (Å²) in [5, 5.41) is 9.82. The van der Waals surface area contributed by atoms with Crippen molar-refractivity contribution in [1.29, 1.82) is 0 Å². The van der Waals surface area contributed by atoms with Gasteiger partial charge >= 0.3 is 0 Å². The van der Waals surface area contributed by atoms with Gasteiger partial charge in [0, 0.05) is 11.8 Å². The van der Waals surface area contributed by atoms with Gasteiger partial charge in [-0.3, -0.25) is 4.98 Å². The Bertz CT molecular complexity index is 294. The molecule has 0 aliphatic carbocycles. The molecule has 1 heterocycles. The van der Waals surface area contributed by atoms with E-state index in [0.717, 1.165) is 11.3 Å². The highest BCUT2D eigenvalue weighted by Crippen LogP contribution is 2.23. The van der Waals surface area contributed by atoms with E-state index in [0.29, 0.717) is 0 Å². The minimum atomic E-state index is -0.457. The van der Waals surface area contributed by atoms with Crippen LogP contribution in [0, 0.1) is 5.92 Å². The molecule has 0 aromatic carbocycles. The minimum Gasteiger partial charge on any atom is -0.388 e. The van der Waals surface area contributed by atoms with E-state index in [9.17, 15) is 5.11 Å². The van der Waals surface area contributed by atoms with E-state index in [4.69, 9.17) is 0 Å². The standard InChI is InChI=1S/C11H15NO/c1-4-10-9(6-5-7-12-10)11(13)8(2)3/h4-8,11,13H,1H2,2-3H3. The maximum atomic E-state index is 9.82. The summed E-state index contributed by atoms with van der Waals surface area (Å²) in [6.45, 7) is 7.61. The van der Waals surface area contributed by atoms with Gasteiger partial charge in [0.2, 0.25) is 0 Å². The third-order valence-corrected chi connectivity index (χ3v) is 2.01. The molecule has 0 saturated carbocycles. The molecule has 0 spiro atoms. The van der Waals surface area contributed by atoms with Gasteiger partial charge < -0.3 is 5.11 Å². The van der Waals surface area contributed by atoms with Crippen LogP contribution < -0.4 is 0 Å². The Morgan fingerprint density at radius 3 is 2.77 bits per heavy atom. The van der Waals surface area contributed by atoms with Crippen LogP contribution in [0.2, 0.25) is 0 Å². The molecule has 13 heavy (non-hydrogen) atoms. The molecule has 2 nitrogen and oxygen atoms in total. The predicted molar refractivity (Wildman–Crippen MR) is 54.1 cm³/mol. The topological polar surface area (TPSA) is 33.1 Å². The highest BCUT2D eigenvalue weighted by atomic mass is 16.3. The summed E-state index contributed by atoms with van der Waals surface area (Å²) in [4.78, 5) is 4.12. The summed E-state index contributed by atoms with van der Waals surface area (Å²) in [7, 11) is 0. The van der Waals surface area contributed by atoms with Crippen LogP contribution in [0.5, 0.6) is 0 Å². The molecular formula is C11H15NO. The van der Waals surface area contributed by atoms with Crippen LogP contribution in [-0.4, -0.2) is 10.1 Å². The van der Waals surface area contributed by atoms with E-state index >= 15 is 0 Å². The van der Waals surface area contributed by atoms with Crippen molar-refractivity contribution in [1.82, 2.24) is 4.98 Å². The van der Waals surface area contributed by atoms with Crippen molar-refractivity contribution in [3.05, 3.63) is 36.2 Å². The molecule has 0 fully saturated rings. The third-order valence-electron chi connectivity index (χ3n) is 2.01. The summed E-state index contributed by atoms with van der Waals surface area (Å²) in [6, 6.07) is 3.71. The summed E-state index contributed by atoms with van der Waals surface area (Å²) >= 11 is 0. The molecule has 1 N–H and O–H groups in total. The number of nitrogens with zero attached hydrogens (tertiary/aromatic N) is 1. The van der Waals surface area contributed by atoms with Crippen LogP contribution in [0.15, 0.2) is 24.9 Å². The quantitative estimate of drug-likeness (QED) is 0.769. The second kappa shape index (κ2) is 4.19. The van der Waals surface area contributed by atoms with E-state index in [-0.39, 0.29) is 5.92 Å². The largest absolute Gasteiger partial charge is 0.388 e. The van der Waals surface area contributed by atoms with E-state index < -0.39 is 6.10 Å². The highest BCUT2D eigenvalue weighted by molar-refractivity contribution is 5.47. The van der Waals surface area contributed by atoms with Crippen LogP contribution in [-0.2, 0) is 0 Å². The molecule has 0 aliphatic rings. The zero-order valence-corrected chi connectivity index (χ0v) is 8.07. The lowest BCUT2D eigenvalue weighted by molar-refractivity contribution is 0.126. The van der Waals surface area contributed by atoms with Gasteiger partial charge in [-0.25, -0.2) is 0 Å². The molecule has 0 saturated heterocycles. The van der Waals surface area contributed by atoms with Gasteiger partial charge in [0.15, 0.2) is 0 Å². The second-order valence-corrected chi connectivity index (χ2v) is 3.37. The number of hydrogen-bond acceptors (Lipinski definition) is 2. The lowest BCUT2D eigenvalue weighted by Gasteiger charge is -2.16. The smallest absolute Gasteiger partial charge is 0.0833 e. The van der Waals surface area contributed by atoms with Crippen LogP contribution in [0.1, 0.15) is 31.2 Å². The lowest BCUT2D eigenvalue weighted by atomic mass is 9.98. The monoisotopic (exact) mass is 177 g/mol. The summed E-state index contributed by atoms with van der Waals surface area (Å²) in [5.74, 6) is 0.197. The fourth-order valence-electron chi connectivity index (χ4n) is 1.21. The number of hydrogen-bond donors (Lipinski definition) is 1. The van der Waals surface area contributed by atoms with Gasteiger partial charge in [-0.2, -0.15) is 0 Å². The van der Waals surface area contributed by atoms with E-state index in [1.807, 2.05) is 26.0 Å². The Hall–Kier alpha value is -1.15. The average Bonchev–Trinajstić information content (AvgIpc) is 2.16. The van der Waals surface area contributed by atoms with Crippen LogP contribution in [0.4, 0.5) is 0 Å². The molecule has 1 aromatic rings. The van der Waals surface area contributed by atoms with Crippen molar-refractivity contribution in [2.75, 3.05) is 0 Å². The Kier molecular flexibility index (Phi) is 3.20. The Morgan fingerprint density at radius 2 is 2.23 bits per heavy atom. The van der Waals surface area contributed by atoms with E-state index in [1.165, 1.54) is 0 Å². The molecule has 70 valence electrons. The number of pyridine rings is 1. The SMILES string of the molecule is C=Cc1ncccc1C(O)C(C)C. The Morgan fingerprint density at radius 1 is 1.54 bits per heavy atom. The number of aliphatic hydroxyl groups is 1. The van der Waals surface area contributed by atoms with Crippen molar-refractivity contribution in [3.63, 3.8) is 0 Å². The fourth-order valence-corrected chi connectivity index (χ4v) is 1.21. The molecule has 1 atom stereocenters. The zero-order chi connectivity index (χ0) is 9.84. The summed E-state index contributed by atoms with van der Waals surface area (Å²) in [6.07, 6.45) is 2.91. The Balaban J connectivity index is 3.05. The van der Waals surface area contributed by atoms with Gasteiger partial charge in [0.25, 0.3) is 0 Å². The lowest BCUT2D eigenvalue weighted by Crippen LogP contribution is -2.07. The second-order valence-electron chi connectivity index (χ2n) is 3.37. The number of aliphatic hydroxyl groups excluding tert-OH is 1. The molecule has 1 rings (SSSR count).